The van der Waals surface area contributed by atoms with Gasteiger partial charge in [0.05, 0.1) is 30.3 Å². The molecule has 4 N–H and O–H groups in total. The summed E-state index contributed by atoms with van der Waals surface area (Å²) in [4.78, 5) is 16.0. The van der Waals surface area contributed by atoms with Crippen LogP contribution in [0.5, 0.6) is 0 Å². The monoisotopic (exact) mass is 493 g/mol. The fourth-order valence-corrected chi connectivity index (χ4v) is 5.80. The fourth-order valence-electron chi connectivity index (χ4n) is 5.80. The molecule has 0 amide bonds. The number of rotatable bonds is 20. The molecule has 2 aliphatic rings. The standard InChI is InChI=1S/C29H51NO5/c1-2-3-4-5-8-11-25(31)12-9-6-7-10-13-26(28(33)34)27(32)15-18-29(35)17-14-23(21-29)20-24-16-19-30-22-24/h16,22-23,25-27,31-32,35H,2-15,17-21H2,1H3,(H,33,34). The highest BCUT2D eigenvalue weighted by Gasteiger charge is 2.38. The van der Waals surface area contributed by atoms with Crippen LogP contribution in [0.15, 0.2) is 16.6 Å². The molecular formula is C29H51NO5. The number of unbranched alkanes of at least 4 members (excludes halogenated alkanes) is 7. The molecule has 2 rings (SSSR count). The van der Waals surface area contributed by atoms with E-state index in [0.717, 1.165) is 70.8 Å². The number of carbonyl (C=O) groups is 1. The first-order valence-corrected chi connectivity index (χ1v) is 14.3. The van der Waals surface area contributed by atoms with Crippen molar-refractivity contribution in [1.82, 2.24) is 0 Å². The van der Waals surface area contributed by atoms with Crippen molar-refractivity contribution in [2.45, 2.75) is 140 Å². The van der Waals surface area contributed by atoms with Crippen LogP contribution in [-0.2, 0) is 4.79 Å². The van der Waals surface area contributed by atoms with E-state index in [1.165, 1.54) is 31.3 Å². The first kappa shape index (κ1) is 30.0. The molecule has 1 fully saturated rings. The Morgan fingerprint density at radius 1 is 1.03 bits per heavy atom. The Balaban J connectivity index is 1.58. The van der Waals surface area contributed by atoms with Crippen molar-refractivity contribution in [2.24, 2.45) is 16.8 Å². The quantitative estimate of drug-likeness (QED) is 0.160. The zero-order valence-corrected chi connectivity index (χ0v) is 22.0. The van der Waals surface area contributed by atoms with Gasteiger partial charge in [0.15, 0.2) is 0 Å². The maximum Gasteiger partial charge on any atom is 0.309 e. The van der Waals surface area contributed by atoms with E-state index < -0.39 is 23.6 Å². The van der Waals surface area contributed by atoms with Gasteiger partial charge in [-0.3, -0.25) is 9.79 Å². The van der Waals surface area contributed by atoms with Gasteiger partial charge >= 0.3 is 5.97 Å². The number of nitrogens with zero attached hydrogens (tertiary/aromatic N) is 1. The molecule has 202 valence electrons. The Hall–Kier alpha value is -1.24. The first-order chi connectivity index (χ1) is 16.8. The summed E-state index contributed by atoms with van der Waals surface area (Å²) in [6, 6.07) is 0. The minimum Gasteiger partial charge on any atom is -0.481 e. The number of allylic oxidation sites excluding steroid dienone is 1. The molecule has 1 aliphatic heterocycles. The average Bonchev–Trinajstić information content (AvgIpc) is 3.47. The second-order valence-electron chi connectivity index (χ2n) is 11.2. The number of hydrogen-bond donors (Lipinski definition) is 4. The highest BCUT2D eigenvalue weighted by atomic mass is 16.4. The van der Waals surface area contributed by atoms with Crippen LogP contribution in [0.3, 0.4) is 0 Å². The maximum absolute atomic E-state index is 11.8. The molecule has 35 heavy (non-hydrogen) atoms. The fraction of sp³-hybridized carbons (Fsp3) is 0.862. The average molecular weight is 494 g/mol. The number of aliphatic carboxylic acids is 1. The Morgan fingerprint density at radius 3 is 2.29 bits per heavy atom. The van der Waals surface area contributed by atoms with E-state index >= 15 is 0 Å². The lowest BCUT2D eigenvalue weighted by Gasteiger charge is -2.26. The number of carboxylic acids is 1. The van der Waals surface area contributed by atoms with Crippen LogP contribution in [0, 0.1) is 11.8 Å². The summed E-state index contributed by atoms with van der Waals surface area (Å²) >= 11 is 0. The van der Waals surface area contributed by atoms with Crippen LogP contribution in [0.2, 0.25) is 0 Å². The van der Waals surface area contributed by atoms with E-state index in [1.54, 1.807) is 0 Å². The van der Waals surface area contributed by atoms with Crippen molar-refractivity contribution in [2.75, 3.05) is 6.54 Å². The van der Waals surface area contributed by atoms with E-state index in [2.05, 4.69) is 18.0 Å². The van der Waals surface area contributed by atoms with Crippen LogP contribution in [0.4, 0.5) is 0 Å². The summed E-state index contributed by atoms with van der Waals surface area (Å²) in [5.41, 5.74) is 0.462. The zero-order valence-electron chi connectivity index (χ0n) is 22.0. The summed E-state index contributed by atoms with van der Waals surface area (Å²) in [5, 5.41) is 41.3. The predicted molar refractivity (Wildman–Crippen MR) is 142 cm³/mol. The van der Waals surface area contributed by atoms with Crippen LogP contribution in [0.25, 0.3) is 0 Å². The summed E-state index contributed by atoms with van der Waals surface area (Å²) in [5.74, 6) is -1.29. The van der Waals surface area contributed by atoms with Crippen LogP contribution in [0.1, 0.15) is 122 Å². The second kappa shape index (κ2) is 16.5. The Labute approximate surface area is 212 Å². The molecule has 0 spiro atoms. The molecule has 6 nitrogen and oxygen atoms in total. The van der Waals surface area contributed by atoms with Gasteiger partial charge in [0.2, 0.25) is 0 Å². The van der Waals surface area contributed by atoms with Gasteiger partial charge in [0.25, 0.3) is 0 Å². The lowest BCUT2D eigenvalue weighted by molar-refractivity contribution is -0.146. The van der Waals surface area contributed by atoms with Crippen molar-refractivity contribution >= 4 is 12.2 Å². The summed E-state index contributed by atoms with van der Waals surface area (Å²) in [6.45, 7) is 2.96. The molecule has 0 aromatic carbocycles. The molecule has 1 saturated carbocycles. The molecule has 0 aromatic rings. The number of carboxylic acid groups (broad SMARTS) is 1. The molecule has 5 unspecified atom stereocenters. The molecular weight excluding hydrogens is 442 g/mol. The third-order valence-corrected chi connectivity index (χ3v) is 8.06. The minimum atomic E-state index is -0.945. The maximum atomic E-state index is 11.8. The molecule has 0 bridgehead atoms. The van der Waals surface area contributed by atoms with Gasteiger partial charge in [-0.2, -0.15) is 0 Å². The number of aliphatic hydroxyl groups is 3. The van der Waals surface area contributed by atoms with Crippen LogP contribution in [-0.4, -0.2) is 57.0 Å². The first-order valence-electron chi connectivity index (χ1n) is 14.3. The van der Waals surface area contributed by atoms with Crippen molar-refractivity contribution < 1.29 is 25.2 Å². The van der Waals surface area contributed by atoms with Gasteiger partial charge in [-0.15, -0.1) is 0 Å². The van der Waals surface area contributed by atoms with E-state index in [9.17, 15) is 25.2 Å². The van der Waals surface area contributed by atoms with Gasteiger partial charge in [0, 0.05) is 6.21 Å². The molecule has 5 atom stereocenters. The molecule has 6 heteroatoms. The largest absolute Gasteiger partial charge is 0.481 e. The second-order valence-corrected chi connectivity index (χ2v) is 11.2. The normalized spacial score (nSPS) is 24.5. The van der Waals surface area contributed by atoms with E-state index in [4.69, 9.17) is 0 Å². The number of aliphatic hydroxyl groups excluding tert-OH is 2. The van der Waals surface area contributed by atoms with E-state index in [0.29, 0.717) is 31.6 Å². The van der Waals surface area contributed by atoms with Crippen molar-refractivity contribution in [1.29, 1.82) is 0 Å². The van der Waals surface area contributed by atoms with Gasteiger partial charge in [0.1, 0.15) is 0 Å². The Morgan fingerprint density at radius 2 is 1.69 bits per heavy atom. The van der Waals surface area contributed by atoms with Gasteiger partial charge in [-0.1, -0.05) is 70.8 Å². The highest BCUT2D eigenvalue weighted by molar-refractivity contribution is 5.80. The smallest absolute Gasteiger partial charge is 0.309 e. The Kier molecular flexibility index (Phi) is 14.1. The number of aliphatic imine (C=N–C) groups is 1. The predicted octanol–water partition coefficient (Wildman–Crippen LogP) is 5.82. The topological polar surface area (TPSA) is 110 Å². The van der Waals surface area contributed by atoms with Crippen molar-refractivity contribution in [3.05, 3.63) is 11.6 Å². The van der Waals surface area contributed by atoms with E-state index in [1.807, 2.05) is 6.21 Å². The SMILES string of the molecule is CCCCCCCC(O)CCCCCCC(C(=O)O)C(O)CCC1(O)CCC(CC2=CCN=C2)C1. The lowest BCUT2D eigenvalue weighted by Crippen LogP contribution is -2.32. The van der Waals surface area contributed by atoms with Crippen molar-refractivity contribution in [3.63, 3.8) is 0 Å². The van der Waals surface area contributed by atoms with E-state index in [-0.39, 0.29) is 6.10 Å². The Bertz CT molecular complexity index is 663. The lowest BCUT2D eigenvalue weighted by atomic mass is 9.86. The van der Waals surface area contributed by atoms with Crippen LogP contribution >= 0.6 is 0 Å². The molecule has 0 aromatic heterocycles. The highest BCUT2D eigenvalue weighted by Crippen LogP contribution is 2.41. The van der Waals surface area contributed by atoms with Gasteiger partial charge in [-0.25, -0.2) is 0 Å². The molecule has 1 aliphatic carbocycles. The summed E-state index contributed by atoms with van der Waals surface area (Å²) < 4.78 is 0. The summed E-state index contributed by atoms with van der Waals surface area (Å²) in [6.07, 6.45) is 18.9. The zero-order chi connectivity index (χ0) is 25.5. The van der Waals surface area contributed by atoms with Gasteiger partial charge < -0.3 is 20.4 Å². The molecule has 1 heterocycles. The van der Waals surface area contributed by atoms with Crippen LogP contribution < -0.4 is 0 Å². The third-order valence-electron chi connectivity index (χ3n) is 8.06. The molecule has 0 radical (unpaired) electrons. The van der Waals surface area contributed by atoms with Gasteiger partial charge in [-0.05, 0) is 69.3 Å². The molecule has 0 saturated heterocycles. The summed E-state index contributed by atoms with van der Waals surface area (Å²) in [7, 11) is 0. The number of hydrogen-bond acceptors (Lipinski definition) is 5. The minimum absolute atomic E-state index is 0.214. The third kappa shape index (κ3) is 12.0. The van der Waals surface area contributed by atoms with Crippen molar-refractivity contribution in [3.8, 4) is 0 Å².